The van der Waals surface area contributed by atoms with Crippen molar-refractivity contribution < 1.29 is 9.53 Å². The van der Waals surface area contributed by atoms with Gasteiger partial charge in [-0.05, 0) is 34.7 Å². The molecule has 0 aliphatic carbocycles. The Kier molecular flexibility index (Phi) is 4.15. The Labute approximate surface area is 96.0 Å². The van der Waals surface area contributed by atoms with Crippen molar-refractivity contribution in [3.8, 4) is 5.75 Å². The molecule has 0 saturated heterocycles. The van der Waals surface area contributed by atoms with Gasteiger partial charge in [0.05, 0.1) is 19.3 Å². The van der Waals surface area contributed by atoms with Crippen LogP contribution in [0.15, 0.2) is 18.2 Å². The van der Waals surface area contributed by atoms with Gasteiger partial charge >= 0.3 is 0 Å². The second-order valence-electron chi connectivity index (χ2n) is 2.60. The van der Waals surface area contributed by atoms with Crippen LogP contribution in [0.3, 0.4) is 0 Å². The lowest BCUT2D eigenvalue weighted by Gasteiger charge is -2.08. The van der Waals surface area contributed by atoms with Gasteiger partial charge in [0, 0.05) is 9.64 Å². The topological polar surface area (TPSA) is 64.3 Å². The van der Waals surface area contributed by atoms with Crippen LogP contribution in [0.5, 0.6) is 5.75 Å². The molecule has 0 aliphatic heterocycles. The number of nitrogens with two attached hydrogens (primary N) is 1. The highest BCUT2D eigenvalue weighted by atomic mass is 127. The van der Waals surface area contributed by atoms with Crippen molar-refractivity contribution in [2.45, 2.75) is 0 Å². The number of halogens is 1. The number of rotatable bonds is 3. The summed E-state index contributed by atoms with van der Waals surface area (Å²) in [5.74, 6) is 0.494. The van der Waals surface area contributed by atoms with Gasteiger partial charge in [0.2, 0.25) is 5.91 Å². The predicted octanol–water partition coefficient (Wildman–Crippen LogP) is 1.20. The maximum atomic E-state index is 11.1. The molecule has 0 aromatic heterocycles. The first-order valence-electron chi connectivity index (χ1n) is 4.01. The Morgan fingerprint density at radius 1 is 1.64 bits per heavy atom. The van der Waals surface area contributed by atoms with E-state index in [0.717, 1.165) is 9.26 Å². The Hall–Kier alpha value is -0.820. The molecular formula is C9H11IN2O2. The highest BCUT2D eigenvalue weighted by molar-refractivity contribution is 14.1. The standard InChI is InChI=1S/C9H11IN2O2/c1-14-6-2-3-7(10)8(4-6)12-9(13)5-11/h2-4H,5,11H2,1H3,(H,12,13). The largest absolute Gasteiger partial charge is 0.497 e. The lowest BCUT2D eigenvalue weighted by Crippen LogP contribution is -2.22. The van der Waals surface area contributed by atoms with Crippen LogP contribution in [-0.4, -0.2) is 19.6 Å². The van der Waals surface area contributed by atoms with Crippen LogP contribution >= 0.6 is 22.6 Å². The van der Waals surface area contributed by atoms with E-state index in [1.165, 1.54) is 0 Å². The summed E-state index contributed by atoms with van der Waals surface area (Å²) < 4.78 is 5.99. The van der Waals surface area contributed by atoms with Crippen LogP contribution in [0.1, 0.15) is 0 Å². The highest BCUT2D eigenvalue weighted by Gasteiger charge is 2.04. The van der Waals surface area contributed by atoms with E-state index in [-0.39, 0.29) is 12.5 Å². The summed E-state index contributed by atoms with van der Waals surface area (Å²) in [6, 6.07) is 5.46. The molecule has 1 amide bonds. The molecule has 14 heavy (non-hydrogen) atoms. The smallest absolute Gasteiger partial charge is 0.238 e. The molecule has 1 rings (SSSR count). The van der Waals surface area contributed by atoms with E-state index in [0.29, 0.717) is 5.75 Å². The van der Waals surface area contributed by atoms with E-state index in [9.17, 15) is 4.79 Å². The van der Waals surface area contributed by atoms with Crippen LogP contribution in [-0.2, 0) is 4.79 Å². The zero-order chi connectivity index (χ0) is 10.6. The molecule has 1 aromatic carbocycles. The molecule has 0 unspecified atom stereocenters. The molecule has 0 spiro atoms. The fourth-order valence-corrected chi connectivity index (χ4v) is 1.40. The Morgan fingerprint density at radius 3 is 2.93 bits per heavy atom. The normalized spacial score (nSPS) is 9.64. The summed E-state index contributed by atoms with van der Waals surface area (Å²) >= 11 is 2.13. The average molecular weight is 306 g/mol. The number of ether oxygens (including phenoxy) is 1. The molecule has 0 heterocycles. The third kappa shape index (κ3) is 2.85. The van der Waals surface area contributed by atoms with Crippen LogP contribution in [0.4, 0.5) is 5.69 Å². The lowest BCUT2D eigenvalue weighted by molar-refractivity contribution is -0.114. The van der Waals surface area contributed by atoms with Crippen molar-refractivity contribution in [1.29, 1.82) is 0 Å². The third-order valence-corrected chi connectivity index (χ3v) is 2.57. The first kappa shape index (κ1) is 11.3. The molecule has 0 aliphatic rings. The number of amides is 1. The number of anilines is 1. The molecule has 0 fully saturated rings. The van der Waals surface area contributed by atoms with E-state index in [1.54, 1.807) is 13.2 Å². The molecule has 0 bridgehead atoms. The number of methoxy groups -OCH3 is 1. The van der Waals surface area contributed by atoms with E-state index >= 15 is 0 Å². The second-order valence-corrected chi connectivity index (χ2v) is 3.76. The SMILES string of the molecule is COc1ccc(I)c(NC(=O)CN)c1. The molecule has 76 valence electrons. The van der Waals surface area contributed by atoms with Gasteiger partial charge in [0.15, 0.2) is 0 Å². The van der Waals surface area contributed by atoms with E-state index in [4.69, 9.17) is 10.5 Å². The van der Waals surface area contributed by atoms with E-state index in [2.05, 4.69) is 27.9 Å². The number of carbonyl (C=O) groups excluding carboxylic acids is 1. The van der Waals surface area contributed by atoms with Gasteiger partial charge in [-0.25, -0.2) is 0 Å². The Balaban J connectivity index is 2.89. The van der Waals surface area contributed by atoms with Gasteiger partial charge in [-0.3, -0.25) is 4.79 Å². The van der Waals surface area contributed by atoms with Gasteiger partial charge < -0.3 is 15.8 Å². The summed E-state index contributed by atoms with van der Waals surface area (Å²) in [5, 5.41) is 2.68. The Morgan fingerprint density at radius 2 is 2.36 bits per heavy atom. The van der Waals surface area contributed by atoms with Crippen molar-refractivity contribution in [2.24, 2.45) is 5.73 Å². The molecule has 3 N–H and O–H groups in total. The minimum absolute atomic E-state index is 0.0205. The van der Waals surface area contributed by atoms with Crippen molar-refractivity contribution >= 4 is 34.2 Å². The van der Waals surface area contributed by atoms with Gasteiger partial charge in [0.25, 0.3) is 0 Å². The van der Waals surface area contributed by atoms with Crippen molar-refractivity contribution in [3.05, 3.63) is 21.8 Å². The predicted molar refractivity (Wildman–Crippen MR) is 63.4 cm³/mol. The number of carbonyl (C=O) groups is 1. The number of hydrogen-bond donors (Lipinski definition) is 2. The molecule has 1 aromatic rings. The lowest BCUT2D eigenvalue weighted by atomic mass is 10.3. The quantitative estimate of drug-likeness (QED) is 0.825. The third-order valence-electron chi connectivity index (χ3n) is 1.63. The van der Waals surface area contributed by atoms with Gasteiger partial charge in [-0.1, -0.05) is 0 Å². The minimum Gasteiger partial charge on any atom is -0.497 e. The number of nitrogens with one attached hydrogen (secondary N) is 1. The number of benzene rings is 1. The van der Waals surface area contributed by atoms with Gasteiger partial charge in [-0.15, -0.1) is 0 Å². The summed E-state index contributed by atoms with van der Waals surface area (Å²) in [7, 11) is 1.58. The fourth-order valence-electron chi connectivity index (χ4n) is 0.928. The van der Waals surface area contributed by atoms with E-state index in [1.807, 2.05) is 12.1 Å². The summed E-state index contributed by atoms with van der Waals surface area (Å²) in [4.78, 5) is 11.1. The van der Waals surface area contributed by atoms with Crippen LogP contribution < -0.4 is 15.8 Å². The molecular weight excluding hydrogens is 295 g/mol. The summed E-state index contributed by atoms with van der Waals surface area (Å²) in [5.41, 5.74) is 5.92. The van der Waals surface area contributed by atoms with Crippen molar-refractivity contribution in [1.82, 2.24) is 0 Å². The zero-order valence-corrected chi connectivity index (χ0v) is 9.87. The molecule has 4 nitrogen and oxygen atoms in total. The molecule has 0 saturated carbocycles. The van der Waals surface area contributed by atoms with Crippen molar-refractivity contribution in [3.63, 3.8) is 0 Å². The maximum Gasteiger partial charge on any atom is 0.238 e. The van der Waals surface area contributed by atoms with Gasteiger partial charge in [0.1, 0.15) is 5.75 Å². The highest BCUT2D eigenvalue weighted by Crippen LogP contribution is 2.23. The minimum atomic E-state index is -0.212. The van der Waals surface area contributed by atoms with Crippen LogP contribution in [0.2, 0.25) is 0 Å². The van der Waals surface area contributed by atoms with Gasteiger partial charge in [-0.2, -0.15) is 0 Å². The molecule has 5 heteroatoms. The summed E-state index contributed by atoms with van der Waals surface area (Å²) in [6.45, 7) is -0.0205. The zero-order valence-electron chi connectivity index (χ0n) is 7.71. The second kappa shape index (κ2) is 5.16. The summed E-state index contributed by atoms with van der Waals surface area (Å²) in [6.07, 6.45) is 0. The first-order valence-corrected chi connectivity index (χ1v) is 5.08. The first-order chi connectivity index (χ1) is 6.67. The van der Waals surface area contributed by atoms with Crippen LogP contribution in [0.25, 0.3) is 0 Å². The van der Waals surface area contributed by atoms with Crippen molar-refractivity contribution in [2.75, 3.05) is 19.0 Å². The average Bonchev–Trinajstić information content (AvgIpc) is 2.21. The fraction of sp³-hybridized carbons (Fsp3) is 0.222. The molecule has 0 atom stereocenters. The Bertz CT molecular complexity index is 342. The van der Waals surface area contributed by atoms with E-state index < -0.39 is 0 Å². The maximum absolute atomic E-state index is 11.1. The number of hydrogen-bond acceptors (Lipinski definition) is 3. The molecule has 0 radical (unpaired) electrons. The van der Waals surface area contributed by atoms with Crippen LogP contribution in [0, 0.1) is 3.57 Å². The monoisotopic (exact) mass is 306 g/mol.